The van der Waals surface area contributed by atoms with E-state index in [0.717, 1.165) is 43.2 Å². The Kier molecular flexibility index (Phi) is 4.77. The van der Waals surface area contributed by atoms with Crippen molar-refractivity contribution in [1.29, 1.82) is 0 Å². The fourth-order valence-corrected chi connectivity index (χ4v) is 3.72. The normalized spacial score (nSPS) is 20.0. The van der Waals surface area contributed by atoms with Crippen LogP contribution in [-0.4, -0.2) is 57.9 Å². The summed E-state index contributed by atoms with van der Waals surface area (Å²) < 4.78 is 7.96. The number of carbonyl (C=O) groups excluding carboxylic acids is 1. The highest BCUT2D eigenvalue weighted by Gasteiger charge is 2.29. The summed E-state index contributed by atoms with van der Waals surface area (Å²) in [6.07, 6.45) is 9.14. The summed E-state index contributed by atoms with van der Waals surface area (Å²) in [4.78, 5) is 21.2. The number of anilines is 1. The van der Waals surface area contributed by atoms with Crippen LogP contribution in [0.4, 0.5) is 5.82 Å². The number of amides is 1. The molecule has 0 radical (unpaired) electrons. The predicted molar refractivity (Wildman–Crippen MR) is 98.2 cm³/mol. The van der Waals surface area contributed by atoms with Gasteiger partial charge in [0.1, 0.15) is 6.10 Å². The standard InChI is InChI=1S/C19H25N5O2/c1-22-13-15(12-21-22)11-18(25)24-10-6-16(14-24)26-17-5-4-7-20-19(17)23-8-2-3-9-23/h4-5,7,12-13,16H,2-3,6,8-11,14H2,1H3. The number of nitrogens with zero attached hydrogens (tertiary/aromatic N) is 5. The lowest BCUT2D eigenvalue weighted by Gasteiger charge is -2.22. The average molecular weight is 355 g/mol. The van der Waals surface area contributed by atoms with Gasteiger partial charge in [-0.2, -0.15) is 5.10 Å². The lowest BCUT2D eigenvalue weighted by molar-refractivity contribution is -0.129. The van der Waals surface area contributed by atoms with Gasteiger partial charge in [0.05, 0.1) is 19.2 Å². The van der Waals surface area contributed by atoms with Crippen molar-refractivity contribution in [2.75, 3.05) is 31.1 Å². The second kappa shape index (κ2) is 7.35. The predicted octanol–water partition coefficient (Wildman–Crippen LogP) is 1.64. The molecule has 0 saturated carbocycles. The first-order valence-corrected chi connectivity index (χ1v) is 9.31. The monoisotopic (exact) mass is 355 g/mol. The summed E-state index contributed by atoms with van der Waals surface area (Å²) in [7, 11) is 1.86. The van der Waals surface area contributed by atoms with E-state index in [4.69, 9.17) is 4.74 Å². The van der Waals surface area contributed by atoms with E-state index in [-0.39, 0.29) is 12.0 Å². The third kappa shape index (κ3) is 3.66. The minimum atomic E-state index is 0.0263. The number of rotatable bonds is 5. The van der Waals surface area contributed by atoms with E-state index in [0.29, 0.717) is 13.0 Å². The van der Waals surface area contributed by atoms with Crippen LogP contribution in [0, 0.1) is 0 Å². The maximum Gasteiger partial charge on any atom is 0.227 e. The van der Waals surface area contributed by atoms with E-state index in [9.17, 15) is 4.79 Å². The van der Waals surface area contributed by atoms with Gasteiger partial charge in [-0.15, -0.1) is 0 Å². The number of pyridine rings is 1. The van der Waals surface area contributed by atoms with Crippen LogP contribution in [0.15, 0.2) is 30.7 Å². The Labute approximate surface area is 153 Å². The molecule has 1 unspecified atom stereocenters. The summed E-state index contributed by atoms with van der Waals surface area (Å²) in [5.41, 5.74) is 0.949. The van der Waals surface area contributed by atoms with Gasteiger partial charge in [0.25, 0.3) is 0 Å². The highest BCUT2D eigenvalue weighted by Crippen LogP contribution is 2.30. The maximum atomic E-state index is 12.5. The lowest BCUT2D eigenvalue weighted by atomic mass is 10.2. The van der Waals surface area contributed by atoms with Gasteiger partial charge in [-0.3, -0.25) is 9.48 Å². The summed E-state index contributed by atoms with van der Waals surface area (Å²) in [6, 6.07) is 3.90. The van der Waals surface area contributed by atoms with E-state index in [1.807, 2.05) is 36.5 Å². The number of aromatic nitrogens is 3. The van der Waals surface area contributed by atoms with Gasteiger partial charge >= 0.3 is 0 Å². The zero-order chi connectivity index (χ0) is 17.9. The molecule has 2 aromatic rings. The molecule has 2 aliphatic heterocycles. The molecule has 1 amide bonds. The number of aryl methyl sites for hydroxylation is 1. The molecule has 1 atom stereocenters. The largest absolute Gasteiger partial charge is 0.485 e. The van der Waals surface area contributed by atoms with Crippen LogP contribution in [0.2, 0.25) is 0 Å². The molecule has 2 saturated heterocycles. The SMILES string of the molecule is Cn1cc(CC(=O)N2CCC(Oc3cccnc3N3CCCC3)C2)cn1. The molecule has 0 spiro atoms. The van der Waals surface area contributed by atoms with Crippen molar-refractivity contribution in [2.24, 2.45) is 7.05 Å². The summed E-state index contributed by atoms with van der Waals surface area (Å²) >= 11 is 0. The number of ether oxygens (including phenoxy) is 1. The van der Waals surface area contributed by atoms with Crippen molar-refractivity contribution in [1.82, 2.24) is 19.7 Å². The third-order valence-electron chi connectivity index (χ3n) is 5.06. The van der Waals surface area contributed by atoms with Crippen LogP contribution in [0.3, 0.4) is 0 Å². The van der Waals surface area contributed by atoms with Crippen molar-refractivity contribution in [3.8, 4) is 5.75 Å². The van der Waals surface area contributed by atoms with Gasteiger partial charge in [-0.1, -0.05) is 0 Å². The molecule has 2 fully saturated rings. The second-order valence-corrected chi connectivity index (χ2v) is 7.09. The Morgan fingerprint density at radius 1 is 1.31 bits per heavy atom. The minimum absolute atomic E-state index is 0.0263. The van der Waals surface area contributed by atoms with E-state index >= 15 is 0 Å². The highest BCUT2D eigenvalue weighted by atomic mass is 16.5. The van der Waals surface area contributed by atoms with Gasteiger partial charge < -0.3 is 14.5 Å². The molecule has 4 heterocycles. The summed E-state index contributed by atoms with van der Waals surface area (Å²) in [5, 5.41) is 4.12. The molecule has 138 valence electrons. The van der Waals surface area contributed by atoms with Crippen LogP contribution >= 0.6 is 0 Å². The van der Waals surface area contributed by atoms with E-state index < -0.39 is 0 Å². The maximum absolute atomic E-state index is 12.5. The van der Waals surface area contributed by atoms with Gasteiger partial charge in [0.2, 0.25) is 5.91 Å². The number of carbonyl (C=O) groups is 1. The molecule has 0 bridgehead atoms. The van der Waals surface area contributed by atoms with Gasteiger partial charge in [-0.25, -0.2) is 4.98 Å². The number of hydrogen-bond donors (Lipinski definition) is 0. The van der Waals surface area contributed by atoms with Crippen LogP contribution < -0.4 is 9.64 Å². The highest BCUT2D eigenvalue weighted by molar-refractivity contribution is 5.79. The molecule has 0 N–H and O–H groups in total. The van der Waals surface area contributed by atoms with Gasteiger partial charge in [0, 0.05) is 45.5 Å². The van der Waals surface area contributed by atoms with Crippen LogP contribution in [-0.2, 0) is 18.3 Å². The van der Waals surface area contributed by atoms with Crippen LogP contribution in [0.25, 0.3) is 0 Å². The van der Waals surface area contributed by atoms with E-state index in [2.05, 4.69) is 15.0 Å². The molecule has 2 aliphatic rings. The quantitative estimate of drug-likeness (QED) is 0.816. The van der Waals surface area contributed by atoms with Crippen molar-refractivity contribution < 1.29 is 9.53 Å². The molecule has 4 rings (SSSR count). The van der Waals surface area contributed by atoms with Gasteiger partial charge in [0.15, 0.2) is 11.6 Å². The zero-order valence-corrected chi connectivity index (χ0v) is 15.2. The number of hydrogen-bond acceptors (Lipinski definition) is 5. The minimum Gasteiger partial charge on any atom is -0.485 e. The van der Waals surface area contributed by atoms with Crippen molar-refractivity contribution in [3.05, 3.63) is 36.3 Å². The molecule has 0 aromatic carbocycles. The average Bonchev–Trinajstić information content (AvgIpc) is 3.38. The van der Waals surface area contributed by atoms with Crippen molar-refractivity contribution >= 4 is 11.7 Å². The first-order chi connectivity index (χ1) is 12.7. The molecule has 26 heavy (non-hydrogen) atoms. The van der Waals surface area contributed by atoms with Crippen LogP contribution in [0.1, 0.15) is 24.8 Å². The summed E-state index contributed by atoms with van der Waals surface area (Å²) in [5.74, 6) is 1.90. The first kappa shape index (κ1) is 16.9. The van der Waals surface area contributed by atoms with Crippen LogP contribution in [0.5, 0.6) is 5.75 Å². The number of likely N-dealkylation sites (tertiary alicyclic amines) is 1. The summed E-state index contributed by atoms with van der Waals surface area (Å²) in [6.45, 7) is 3.44. The fraction of sp³-hybridized carbons (Fsp3) is 0.526. The molecular weight excluding hydrogens is 330 g/mol. The molecule has 0 aliphatic carbocycles. The Bertz CT molecular complexity index is 769. The molecule has 2 aromatic heterocycles. The Balaban J connectivity index is 1.36. The van der Waals surface area contributed by atoms with E-state index in [1.165, 1.54) is 12.8 Å². The van der Waals surface area contributed by atoms with Gasteiger partial charge in [-0.05, 0) is 30.5 Å². The fourth-order valence-electron chi connectivity index (χ4n) is 3.72. The first-order valence-electron chi connectivity index (χ1n) is 9.31. The zero-order valence-electron chi connectivity index (χ0n) is 15.2. The van der Waals surface area contributed by atoms with Crippen molar-refractivity contribution in [3.63, 3.8) is 0 Å². The Morgan fingerprint density at radius 3 is 2.92 bits per heavy atom. The Morgan fingerprint density at radius 2 is 2.15 bits per heavy atom. The van der Waals surface area contributed by atoms with Crippen molar-refractivity contribution in [2.45, 2.75) is 31.8 Å². The third-order valence-corrected chi connectivity index (χ3v) is 5.06. The molecular formula is C19H25N5O2. The molecule has 7 nitrogen and oxygen atoms in total. The second-order valence-electron chi connectivity index (χ2n) is 7.09. The smallest absolute Gasteiger partial charge is 0.227 e. The molecule has 7 heteroatoms. The lowest BCUT2D eigenvalue weighted by Crippen LogP contribution is -2.32. The Hall–Kier alpha value is -2.57. The topological polar surface area (TPSA) is 63.5 Å². The van der Waals surface area contributed by atoms with E-state index in [1.54, 1.807) is 10.9 Å².